The number of fused-ring (bicyclic) bond motifs is 5. The highest BCUT2D eigenvalue weighted by atomic mass is 16.5. The van der Waals surface area contributed by atoms with Crippen LogP contribution in [0.4, 0.5) is 0 Å². The van der Waals surface area contributed by atoms with Gasteiger partial charge in [0.15, 0.2) is 0 Å². The number of esters is 1. The van der Waals surface area contributed by atoms with Gasteiger partial charge in [-0.1, -0.05) is 20.8 Å². The minimum atomic E-state index is -0.515. The van der Waals surface area contributed by atoms with Crippen LogP contribution in [-0.2, 0) is 14.3 Å². The molecule has 248 valence electrons. The molecule has 4 aliphatic carbocycles. The van der Waals surface area contributed by atoms with Crippen molar-refractivity contribution in [3.63, 3.8) is 0 Å². The molecule has 8 nitrogen and oxygen atoms in total. The van der Waals surface area contributed by atoms with Gasteiger partial charge in [-0.3, -0.25) is 14.1 Å². The number of nitrogens with zero attached hydrogens (tertiary/aromatic N) is 1. The van der Waals surface area contributed by atoms with E-state index < -0.39 is 11.5 Å². The quantitative estimate of drug-likeness (QED) is 0.126. The van der Waals surface area contributed by atoms with Crippen molar-refractivity contribution in [2.24, 2.45) is 51.8 Å². The Morgan fingerprint density at radius 1 is 1.02 bits per heavy atom. The minimum Gasteiger partial charge on any atom is -0.415 e. The smallest absolute Gasteiger partial charge is 0.315 e. The first-order chi connectivity index (χ1) is 19.9. The van der Waals surface area contributed by atoms with Crippen LogP contribution in [0.25, 0.3) is 0 Å². The van der Waals surface area contributed by atoms with Crippen LogP contribution in [0.1, 0.15) is 106 Å². The minimum absolute atomic E-state index is 0.0708. The van der Waals surface area contributed by atoms with Crippen molar-refractivity contribution in [1.82, 2.24) is 5.32 Å². The summed E-state index contributed by atoms with van der Waals surface area (Å²) in [5, 5.41) is 36.7. The molecule has 0 heterocycles. The normalized spacial score (nSPS) is 40.2. The van der Waals surface area contributed by atoms with E-state index in [1.165, 1.54) is 0 Å². The zero-order chi connectivity index (χ0) is 32.0. The highest BCUT2D eigenvalue weighted by Crippen LogP contribution is 2.68. The predicted molar refractivity (Wildman–Crippen MR) is 167 cm³/mol. The lowest BCUT2D eigenvalue weighted by molar-refractivity contribution is -0.907. The summed E-state index contributed by atoms with van der Waals surface area (Å²) in [7, 11) is 4.06. The molecule has 0 radical (unpaired) electrons. The van der Waals surface area contributed by atoms with E-state index in [1.807, 2.05) is 34.9 Å². The molecule has 0 aromatic carbocycles. The van der Waals surface area contributed by atoms with E-state index in [2.05, 4.69) is 26.1 Å². The molecule has 11 atom stereocenters. The van der Waals surface area contributed by atoms with Crippen molar-refractivity contribution >= 4 is 11.9 Å². The van der Waals surface area contributed by atoms with Crippen molar-refractivity contribution in [1.29, 1.82) is 0 Å². The Morgan fingerprint density at radius 2 is 1.72 bits per heavy atom. The topological polar surface area (TPSA) is 116 Å². The third kappa shape index (κ3) is 7.12. The van der Waals surface area contributed by atoms with E-state index in [1.54, 1.807) is 0 Å². The van der Waals surface area contributed by atoms with Gasteiger partial charge in [0.25, 0.3) is 0 Å². The summed E-state index contributed by atoms with van der Waals surface area (Å²) < 4.78 is 6.04. The zero-order valence-corrected chi connectivity index (χ0v) is 28.4. The lowest BCUT2D eigenvalue weighted by Crippen LogP contribution is -2.62. The SMILES string of the molecule is C[C@H](CCC(=O)NCCC[N+](C)(C)COC(=O)C(C)(C)C)[C@H]1CCC2C3C(C[C@H](O)[C@@]21C)[C@@]1(C)CC[C@@H](O)CC1C[C@H]3O. The second kappa shape index (κ2) is 12.9. The maximum atomic E-state index is 12.8. The standard InChI is InChI=1S/C35H62N2O6/c1-22(10-13-30(41)36-16-9-17-37(7,8)21-43-32(42)33(2,3)4)25-11-12-26-31-27(20-29(40)35(25,26)6)34(5)15-14-24(38)18-23(34)19-28(31)39/h22-29,31,38-40H,9-21H2,1-8H3/p+1/t22-,23?,24-,25-,26?,27?,28-,29+,31?,34+,35-/m1/s1. The second-order valence-electron chi connectivity index (χ2n) is 17.2. The van der Waals surface area contributed by atoms with Gasteiger partial charge < -0.3 is 25.4 Å². The van der Waals surface area contributed by atoms with E-state index in [9.17, 15) is 24.9 Å². The molecule has 1 amide bonds. The van der Waals surface area contributed by atoms with Gasteiger partial charge in [-0.25, -0.2) is 0 Å². The Hall–Kier alpha value is -1.22. The highest BCUT2D eigenvalue weighted by molar-refractivity contribution is 5.76. The fourth-order valence-corrected chi connectivity index (χ4v) is 10.0. The number of nitrogens with one attached hydrogen (secondary N) is 1. The molecule has 4 saturated carbocycles. The Balaban J connectivity index is 1.26. The van der Waals surface area contributed by atoms with Crippen molar-refractivity contribution in [2.75, 3.05) is 33.9 Å². The van der Waals surface area contributed by atoms with E-state index in [-0.39, 0.29) is 40.8 Å². The summed E-state index contributed by atoms with van der Waals surface area (Å²) in [6.45, 7) is 14.2. The molecule has 0 spiro atoms. The number of quaternary nitrogens is 1. The predicted octanol–water partition coefficient (Wildman–Crippen LogP) is 4.49. The summed E-state index contributed by atoms with van der Waals surface area (Å²) in [6.07, 6.45) is 7.25. The summed E-state index contributed by atoms with van der Waals surface area (Å²) in [4.78, 5) is 24.9. The van der Waals surface area contributed by atoms with Crippen LogP contribution in [0.3, 0.4) is 0 Å². The molecule has 4 rings (SSSR count). The number of aliphatic hydroxyl groups excluding tert-OH is 3. The lowest BCUT2D eigenvalue weighted by atomic mass is 9.43. The number of amides is 1. The van der Waals surface area contributed by atoms with E-state index in [4.69, 9.17) is 4.74 Å². The van der Waals surface area contributed by atoms with Crippen LogP contribution in [0.15, 0.2) is 0 Å². The molecule has 0 aromatic rings. The number of hydrogen-bond acceptors (Lipinski definition) is 6. The molecule has 0 aromatic heterocycles. The molecule has 0 saturated heterocycles. The molecular weight excluding hydrogens is 544 g/mol. The number of ether oxygens (including phenoxy) is 1. The van der Waals surface area contributed by atoms with Crippen LogP contribution < -0.4 is 5.32 Å². The zero-order valence-electron chi connectivity index (χ0n) is 28.4. The van der Waals surface area contributed by atoms with Gasteiger partial charge in [0.2, 0.25) is 12.6 Å². The number of rotatable bonds is 10. The number of hydrogen-bond donors (Lipinski definition) is 4. The van der Waals surface area contributed by atoms with Crippen LogP contribution >= 0.6 is 0 Å². The first-order valence-electron chi connectivity index (χ1n) is 17.2. The Morgan fingerprint density at radius 3 is 2.40 bits per heavy atom. The second-order valence-corrected chi connectivity index (χ2v) is 17.2. The van der Waals surface area contributed by atoms with Crippen molar-refractivity contribution in [3.05, 3.63) is 0 Å². The van der Waals surface area contributed by atoms with Gasteiger partial charge in [-0.15, -0.1) is 0 Å². The van der Waals surface area contributed by atoms with Gasteiger partial charge in [0.05, 0.1) is 44.4 Å². The van der Waals surface area contributed by atoms with Gasteiger partial charge in [0.1, 0.15) is 0 Å². The van der Waals surface area contributed by atoms with Crippen LogP contribution in [0, 0.1) is 51.8 Å². The number of carbonyl (C=O) groups excluding carboxylic acids is 2. The lowest BCUT2D eigenvalue weighted by Gasteiger charge is -2.63. The van der Waals surface area contributed by atoms with Gasteiger partial charge in [-0.2, -0.15) is 0 Å². The summed E-state index contributed by atoms with van der Waals surface area (Å²) >= 11 is 0. The number of aliphatic hydroxyl groups is 3. The van der Waals surface area contributed by atoms with E-state index in [0.717, 1.165) is 64.3 Å². The molecule has 0 aliphatic heterocycles. The van der Waals surface area contributed by atoms with E-state index >= 15 is 0 Å². The first-order valence-corrected chi connectivity index (χ1v) is 17.2. The van der Waals surface area contributed by atoms with E-state index in [0.29, 0.717) is 53.8 Å². The third-order valence-corrected chi connectivity index (χ3v) is 12.8. The molecule has 8 heteroatoms. The first kappa shape index (κ1) is 34.6. The van der Waals surface area contributed by atoms with Crippen LogP contribution in [0.5, 0.6) is 0 Å². The molecule has 4 unspecified atom stereocenters. The van der Waals surface area contributed by atoms with Gasteiger partial charge >= 0.3 is 5.97 Å². The van der Waals surface area contributed by atoms with Crippen molar-refractivity contribution in [3.8, 4) is 0 Å². The van der Waals surface area contributed by atoms with Crippen LogP contribution in [0.2, 0.25) is 0 Å². The highest BCUT2D eigenvalue weighted by Gasteiger charge is 2.65. The average molecular weight is 608 g/mol. The maximum Gasteiger partial charge on any atom is 0.315 e. The Kier molecular flexibility index (Phi) is 10.4. The summed E-state index contributed by atoms with van der Waals surface area (Å²) in [5.41, 5.74) is -0.674. The molecule has 0 bridgehead atoms. The van der Waals surface area contributed by atoms with Crippen LogP contribution in [-0.4, -0.2) is 83.9 Å². The fourth-order valence-electron chi connectivity index (χ4n) is 10.0. The molecule has 4 N–H and O–H groups in total. The maximum absolute atomic E-state index is 12.8. The Bertz CT molecular complexity index is 995. The summed E-state index contributed by atoms with van der Waals surface area (Å²) in [5.74, 6) is 1.66. The largest absolute Gasteiger partial charge is 0.415 e. The van der Waals surface area contributed by atoms with Gasteiger partial charge in [-0.05, 0) is 118 Å². The molecule has 43 heavy (non-hydrogen) atoms. The fraction of sp³-hybridized carbons (Fsp3) is 0.943. The van der Waals surface area contributed by atoms with Crippen molar-refractivity contribution < 1.29 is 34.1 Å². The Labute approximate surface area is 260 Å². The summed E-state index contributed by atoms with van der Waals surface area (Å²) in [6, 6.07) is 0. The molecule has 4 aliphatic rings. The third-order valence-electron chi connectivity index (χ3n) is 12.8. The van der Waals surface area contributed by atoms with Crippen molar-refractivity contribution in [2.45, 2.75) is 124 Å². The number of carbonyl (C=O) groups is 2. The molecule has 4 fully saturated rings. The molecular formula is C35H63N2O6+. The average Bonchev–Trinajstić information content (AvgIpc) is 3.28. The van der Waals surface area contributed by atoms with Gasteiger partial charge in [0, 0.05) is 19.4 Å². The monoisotopic (exact) mass is 607 g/mol.